The molecule has 0 atom stereocenters. The number of H-pyrrole nitrogens is 1. The van der Waals surface area contributed by atoms with Crippen LogP contribution in [0.1, 0.15) is 20.8 Å². The summed E-state index contributed by atoms with van der Waals surface area (Å²) in [7, 11) is -3.77. The molecular weight excluding hydrogens is 308 g/mol. The zero-order valence-electron chi connectivity index (χ0n) is 9.87. The number of aromatic nitrogens is 1. The summed E-state index contributed by atoms with van der Waals surface area (Å²) in [5.41, 5.74) is -0.819. The van der Waals surface area contributed by atoms with Crippen molar-refractivity contribution >= 4 is 26.0 Å². The Bertz CT molecular complexity index is 558. The SMILES string of the molecule is CC(C)(C)CNS(=O)(=O)c1cc(Br)c[nH]c1=O. The van der Waals surface area contributed by atoms with Crippen LogP contribution >= 0.6 is 15.9 Å². The van der Waals surface area contributed by atoms with Crippen molar-refractivity contribution in [1.82, 2.24) is 9.71 Å². The standard InChI is InChI=1S/C10H15BrN2O3S/c1-10(2,3)6-13-17(15,16)8-4-7(11)5-12-9(8)14/h4-5,13H,6H2,1-3H3,(H,12,14). The van der Waals surface area contributed by atoms with Crippen LogP contribution in [0, 0.1) is 5.41 Å². The van der Waals surface area contributed by atoms with Crippen molar-refractivity contribution in [3.8, 4) is 0 Å². The second-order valence-electron chi connectivity index (χ2n) is 4.90. The van der Waals surface area contributed by atoms with Crippen LogP contribution in [0.25, 0.3) is 0 Å². The van der Waals surface area contributed by atoms with Gasteiger partial charge in [0, 0.05) is 17.2 Å². The van der Waals surface area contributed by atoms with E-state index in [1.807, 2.05) is 20.8 Å². The molecular formula is C10H15BrN2O3S. The van der Waals surface area contributed by atoms with Crippen molar-refractivity contribution in [2.45, 2.75) is 25.7 Å². The largest absolute Gasteiger partial charge is 0.327 e. The first-order chi connectivity index (χ1) is 7.62. The summed E-state index contributed by atoms with van der Waals surface area (Å²) in [4.78, 5) is 13.5. The lowest BCUT2D eigenvalue weighted by molar-refractivity contribution is 0.407. The van der Waals surface area contributed by atoms with E-state index in [2.05, 4.69) is 25.6 Å². The molecule has 0 radical (unpaired) electrons. The number of sulfonamides is 1. The van der Waals surface area contributed by atoms with Gasteiger partial charge < -0.3 is 4.98 Å². The van der Waals surface area contributed by atoms with Gasteiger partial charge in [0.2, 0.25) is 10.0 Å². The average molecular weight is 323 g/mol. The molecule has 0 fully saturated rings. The van der Waals surface area contributed by atoms with E-state index in [4.69, 9.17) is 0 Å². The Morgan fingerprint density at radius 2 is 2.00 bits per heavy atom. The summed E-state index contributed by atoms with van der Waals surface area (Å²) in [5, 5.41) is 0. The maximum atomic E-state index is 11.9. The number of hydrogen-bond donors (Lipinski definition) is 2. The molecule has 0 aromatic carbocycles. The molecule has 0 saturated carbocycles. The Hall–Kier alpha value is -0.660. The van der Waals surface area contributed by atoms with E-state index in [9.17, 15) is 13.2 Å². The third-order valence-electron chi connectivity index (χ3n) is 1.92. The molecule has 0 saturated heterocycles. The van der Waals surface area contributed by atoms with E-state index in [-0.39, 0.29) is 16.9 Å². The number of aromatic amines is 1. The van der Waals surface area contributed by atoms with Gasteiger partial charge in [-0.1, -0.05) is 20.8 Å². The zero-order chi connectivity index (χ0) is 13.3. The first-order valence-corrected chi connectivity index (χ1v) is 7.27. The Morgan fingerprint density at radius 3 is 2.53 bits per heavy atom. The summed E-state index contributed by atoms with van der Waals surface area (Å²) < 4.78 is 26.7. The van der Waals surface area contributed by atoms with Gasteiger partial charge in [0.25, 0.3) is 5.56 Å². The fraction of sp³-hybridized carbons (Fsp3) is 0.500. The third kappa shape index (κ3) is 4.25. The van der Waals surface area contributed by atoms with Crippen LogP contribution in [-0.4, -0.2) is 19.9 Å². The average Bonchev–Trinajstić information content (AvgIpc) is 2.18. The zero-order valence-corrected chi connectivity index (χ0v) is 12.3. The first-order valence-electron chi connectivity index (χ1n) is 5.00. The van der Waals surface area contributed by atoms with Crippen LogP contribution in [0.4, 0.5) is 0 Å². The molecule has 0 aliphatic carbocycles. The number of nitrogens with one attached hydrogen (secondary N) is 2. The summed E-state index contributed by atoms with van der Waals surface area (Å²) in [6, 6.07) is 1.28. The second kappa shape index (κ2) is 4.91. The van der Waals surface area contributed by atoms with Gasteiger partial charge in [-0.25, -0.2) is 13.1 Å². The lowest BCUT2D eigenvalue weighted by Gasteiger charge is -2.18. The summed E-state index contributed by atoms with van der Waals surface area (Å²) in [6.45, 7) is 5.98. The summed E-state index contributed by atoms with van der Waals surface area (Å²) in [6.07, 6.45) is 1.39. The van der Waals surface area contributed by atoms with Crippen LogP contribution in [-0.2, 0) is 10.0 Å². The molecule has 1 aromatic rings. The topological polar surface area (TPSA) is 79.0 Å². The van der Waals surface area contributed by atoms with Crippen LogP contribution in [0.15, 0.2) is 26.4 Å². The van der Waals surface area contributed by atoms with E-state index < -0.39 is 15.6 Å². The van der Waals surface area contributed by atoms with E-state index in [0.29, 0.717) is 4.47 Å². The summed E-state index contributed by atoms with van der Waals surface area (Å²) >= 11 is 3.12. The minimum atomic E-state index is -3.77. The number of hydrogen-bond acceptors (Lipinski definition) is 3. The highest BCUT2D eigenvalue weighted by atomic mass is 79.9. The van der Waals surface area contributed by atoms with Crippen LogP contribution in [0.3, 0.4) is 0 Å². The van der Waals surface area contributed by atoms with Gasteiger partial charge in [-0.3, -0.25) is 4.79 Å². The number of rotatable bonds is 3. The molecule has 1 aromatic heterocycles. The van der Waals surface area contributed by atoms with Crippen LogP contribution < -0.4 is 10.3 Å². The molecule has 17 heavy (non-hydrogen) atoms. The lowest BCUT2D eigenvalue weighted by atomic mass is 9.98. The molecule has 1 rings (SSSR count). The molecule has 1 heterocycles. The molecule has 0 aliphatic rings. The molecule has 96 valence electrons. The molecule has 0 aliphatic heterocycles. The molecule has 0 amide bonds. The second-order valence-corrected chi connectivity index (χ2v) is 7.55. The van der Waals surface area contributed by atoms with Crippen molar-refractivity contribution in [2.24, 2.45) is 5.41 Å². The Balaban J connectivity index is 3.06. The van der Waals surface area contributed by atoms with Crippen LogP contribution in [0.5, 0.6) is 0 Å². The highest BCUT2D eigenvalue weighted by Gasteiger charge is 2.21. The van der Waals surface area contributed by atoms with Crippen molar-refractivity contribution in [3.05, 3.63) is 27.1 Å². The third-order valence-corrected chi connectivity index (χ3v) is 3.78. The fourth-order valence-electron chi connectivity index (χ4n) is 1.03. The van der Waals surface area contributed by atoms with Crippen LogP contribution in [0.2, 0.25) is 0 Å². The molecule has 2 N–H and O–H groups in total. The van der Waals surface area contributed by atoms with Crippen molar-refractivity contribution in [3.63, 3.8) is 0 Å². The van der Waals surface area contributed by atoms with E-state index in [1.54, 1.807) is 0 Å². The fourth-order valence-corrected chi connectivity index (χ4v) is 2.89. The van der Waals surface area contributed by atoms with Gasteiger partial charge in [-0.15, -0.1) is 0 Å². The minimum Gasteiger partial charge on any atom is -0.327 e. The predicted molar refractivity (Wildman–Crippen MR) is 69.4 cm³/mol. The quantitative estimate of drug-likeness (QED) is 0.884. The summed E-state index contributed by atoms with van der Waals surface area (Å²) in [5.74, 6) is 0. The maximum Gasteiger partial charge on any atom is 0.268 e. The Kier molecular flexibility index (Phi) is 4.16. The van der Waals surface area contributed by atoms with Gasteiger partial charge in [0.05, 0.1) is 0 Å². The number of halogens is 1. The van der Waals surface area contributed by atoms with E-state index in [1.165, 1.54) is 12.3 Å². The molecule has 0 unspecified atom stereocenters. The van der Waals surface area contributed by atoms with Crippen molar-refractivity contribution in [1.29, 1.82) is 0 Å². The van der Waals surface area contributed by atoms with E-state index in [0.717, 1.165) is 0 Å². The Labute approximate surface area is 109 Å². The monoisotopic (exact) mass is 322 g/mol. The molecule has 0 spiro atoms. The normalized spacial score (nSPS) is 12.7. The Morgan fingerprint density at radius 1 is 1.41 bits per heavy atom. The van der Waals surface area contributed by atoms with E-state index >= 15 is 0 Å². The number of pyridine rings is 1. The smallest absolute Gasteiger partial charge is 0.268 e. The van der Waals surface area contributed by atoms with Crippen molar-refractivity contribution in [2.75, 3.05) is 6.54 Å². The molecule has 7 heteroatoms. The minimum absolute atomic E-state index is 0.189. The van der Waals surface area contributed by atoms with Gasteiger partial charge in [-0.2, -0.15) is 0 Å². The van der Waals surface area contributed by atoms with Gasteiger partial charge in [0.15, 0.2) is 0 Å². The maximum absolute atomic E-state index is 11.9. The highest BCUT2D eigenvalue weighted by Crippen LogP contribution is 2.14. The first kappa shape index (κ1) is 14.4. The van der Waals surface area contributed by atoms with Crippen molar-refractivity contribution < 1.29 is 8.42 Å². The molecule has 0 bridgehead atoms. The van der Waals surface area contributed by atoms with Gasteiger partial charge >= 0.3 is 0 Å². The highest BCUT2D eigenvalue weighted by molar-refractivity contribution is 9.10. The predicted octanol–water partition coefficient (Wildman–Crippen LogP) is 1.46. The van der Waals surface area contributed by atoms with Gasteiger partial charge in [-0.05, 0) is 27.4 Å². The lowest BCUT2D eigenvalue weighted by Crippen LogP contribution is -2.35. The molecule has 5 nitrogen and oxygen atoms in total. The van der Waals surface area contributed by atoms with Gasteiger partial charge in [0.1, 0.15) is 4.90 Å².